The number of thiophene rings is 1. The molecule has 1 atom stereocenters. The van der Waals surface area contributed by atoms with Crippen molar-refractivity contribution < 1.29 is 9.53 Å². The van der Waals surface area contributed by atoms with Gasteiger partial charge in [0, 0.05) is 30.9 Å². The van der Waals surface area contributed by atoms with Crippen LogP contribution in [0, 0.1) is 19.5 Å². The van der Waals surface area contributed by atoms with Crippen molar-refractivity contribution in [3.05, 3.63) is 73.4 Å². The Balaban J connectivity index is 1.66. The lowest BCUT2D eigenvalue weighted by Gasteiger charge is -2.22. The van der Waals surface area contributed by atoms with Gasteiger partial charge in [0.2, 0.25) is 0 Å². The van der Waals surface area contributed by atoms with Gasteiger partial charge < -0.3 is 4.74 Å². The van der Waals surface area contributed by atoms with Gasteiger partial charge >= 0.3 is 5.97 Å². The fraction of sp³-hybridized carbons (Fsp3) is 0.192. The molecular formula is C26H19I2O2S+. The smallest absolute Gasteiger partial charge is 0.339 e. The molecule has 1 aliphatic rings. The van der Waals surface area contributed by atoms with Crippen LogP contribution in [0.2, 0.25) is 0 Å². The largest absolute Gasteiger partial charge is 0.442 e. The third kappa shape index (κ3) is 3.77. The van der Waals surface area contributed by atoms with E-state index in [9.17, 15) is 4.79 Å². The summed E-state index contributed by atoms with van der Waals surface area (Å²) in [5.41, 5.74) is -0.173. The van der Waals surface area contributed by atoms with Gasteiger partial charge in [-0.15, -0.1) is 6.42 Å². The van der Waals surface area contributed by atoms with Crippen molar-refractivity contribution in [2.45, 2.75) is 31.3 Å². The number of rotatable bonds is 3. The summed E-state index contributed by atoms with van der Waals surface area (Å²) in [6.07, 6.45) is 9.24. The quantitative estimate of drug-likeness (QED) is 0.0973. The van der Waals surface area contributed by atoms with Crippen LogP contribution < -0.4 is 0 Å². The van der Waals surface area contributed by atoms with Crippen molar-refractivity contribution in [2.24, 2.45) is 0 Å². The van der Waals surface area contributed by atoms with E-state index in [2.05, 4.69) is 99.6 Å². The maximum atomic E-state index is 13.0. The first kappa shape index (κ1) is 21.2. The van der Waals surface area contributed by atoms with Crippen LogP contribution in [-0.2, 0) is 4.74 Å². The minimum absolute atomic E-state index is 0.191. The molecule has 0 radical (unpaired) electrons. The molecular weight excluding hydrogens is 630 g/mol. The predicted octanol–water partition coefficient (Wildman–Crippen LogP) is 8.04. The summed E-state index contributed by atoms with van der Waals surface area (Å²) in [5, 5.41) is 2.31. The minimum Gasteiger partial charge on any atom is -0.442 e. The molecule has 1 fully saturated rings. The van der Waals surface area contributed by atoms with Crippen molar-refractivity contribution in [3.8, 4) is 17.2 Å². The second-order valence-electron chi connectivity index (χ2n) is 7.82. The summed E-state index contributed by atoms with van der Waals surface area (Å²) in [4.78, 5) is 14.3. The molecule has 1 saturated carbocycles. The maximum Gasteiger partial charge on any atom is 0.339 e. The monoisotopic (exact) mass is 649 g/mol. The first-order valence-corrected chi connectivity index (χ1v) is 13.5. The molecule has 5 heteroatoms. The molecule has 0 aliphatic heterocycles. The molecule has 4 aromatic rings. The number of halogens is 2. The van der Waals surface area contributed by atoms with Crippen LogP contribution >= 0.6 is 55.7 Å². The van der Waals surface area contributed by atoms with E-state index in [0.29, 0.717) is 5.56 Å². The Morgan fingerprint density at radius 2 is 1.71 bits per heavy atom. The molecule has 2 nitrogen and oxygen atoms in total. The highest BCUT2D eigenvalue weighted by Crippen LogP contribution is 2.50. The second-order valence-corrected chi connectivity index (χ2v) is 12.2. The standard InChI is InChI=1S/C26H19I2O2S/c1-2-26(13-5-6-14-26)30-25(29)17-9-11-23-20(15-17)19-7-3-4-8-22(19)31(23)24-12-10-18(27)16-21(24)28/h1,3-4,7-12,15-16H,5-6,13-14H2/q+1. The fourth-order valence-electron chi connectivity index (χ4n) is 4.37. The molecule has 0 amide bonds. The number of terminal acetylenes is 1. The Bertz CT molecular complexity index is 1370. The van der Waals surface area contributed by atoms with E-state index in [1.165, 1.54) is 26.8 Å². The summed E-state index contributed by atoms with van der Waals surface area (Å²) in [5.74, 6) is 2.42. The molecule has 1 heterocycles. The van der Waals surface area contributed by atoms with E-state index >= 15 is 0 Å². The molecule has 1 aromatic heterocycles. The molecule has 0 bridgehead atoms. The highest BCUT2D eigenvalue weighted by atomic mass is 127. The first-order chi connectivity index (χ1) is 15.0. The van der Waals surface area contributed by atoms with Gasteiger partial charge in [-0.3, -0.25) is 0 Å². The molecule has 0 N–H and O–H groups in total. The third-order valence-electron chi connectivity index (χ3n) is 5.91. The van der Waals surface area contributed by atoms with Crippen molar-refractivity contribution >= 4 is 81.8 Å². The SMILES string of the molecule is C#CC1(OC(=O)c2ccc3c(c2)c2ccccc2[s+]3-c2ccc(I)cc2I)CCCC1. The number of hydrogen-bond donors (Lipinski definition) is 0. The summed E-state index contributed by atoms with van der Waals surface area (Å²) in [6, 6.07) is 21.1. The predicted molar refractivity (Wildman–Crippen MR) is 146 cm³/mol. The van der Waals surface area contributed by atoms with Gasteiger partial charge in [0.25, 0.3) is 0 Å². The highest BCUT2D eigenvalue weighted by Gasteiger charge is 2.36. The molecule has 3 aromatic carbocycles. The topological polar surface area (TPSA) is 26.3 Å². The Hall–Kier alpha value is -1.63. The number of benzene rings is 3. The summed E-state index contributed by atoms with van der Waals surface area (Å²) < 4.78 is 10.9. The Morgan fingerprint density at radius 1 is 0.968 bits per heavy atom. The van der Waals surface area contributed by atoms with Crippen LogP contribution in [0.5, 0.6) is 0 Å². The number of fused-ring (bicyclic) bond motifs is 3. The van der Waals surface area contributed by atoms with Crippen LogP contribution in [0.3, 0.4) is 0 Å². The van der Waals surface area contributed by atoms with E-state index in [1.54, 1.807) is 0 Å². The van der Waals surface area contributed by atoms with Gasteiger partial charge in [-0.1, -0.05) is 18.1 Å². The fourth-order valence-corrected chi connectivity index (χ4v) is 9.00. The van der Waals surface area contributed by atoms with Crippen molar-refractivity contribution in [1.82, 2.24) is 0 Å². The first-order valence-electron chi connectivity index (χ1n) is 10.2. The van der Waals surface area contributed by atoms with Crippen LogP contribution in [0.1, 0.15) is 36.0 Å². The number of hydrogen-bond acceptors (Lipinski definition) is 2. The van der Waals surface area contributed by atoms with Crippen LogP contribution in [-0.4, -0.2) is 11.6 Å². The molecule has 0 saturated heterocycles. The molecule has 5 rings (SSSR count). The lowest BCUT2D eigenvalue weighted by molar-refractivity contribution is 0.0104. The van der Waals surface area contributed by atoms with E-state index < -0.39 is 5.60 Å². The number of ether oxygens (including phenoxy) is 1. The third-order valence-corrected chi connectivity index (χ3v) is 10.2. The van der Waals surface area contributed by atoms with Crippen LogP contribution in [0.4, 0.5) is 0 Å². The number of carbonyl (C=O) groups excluding carboxylic acids is 1. The van der Waals surface area contributed by atoms with Gasteiger partial charge in [0.1, 0.15) is 0 Å². The van der Waals surface area contributed by atoms with Crippen LogP contribution in [0.25, 0.3) is 25.1 Å². The lowest BCUT2D eigenvalue weighted by Crippen LogP contribution is -2.30. The Kier molecular flexibility index (Phi) is 5.74. The van der Waals surface area contributed by atoms with E-state index in [4.69, 9.17) is 11.2 Å². The van der Waals surface area contributed by atoms with Crippen molar-refractivity contribution in [2.75, 3.05) is 0 Å². The summed E-state index contributed by atoms with van der Waals surface area (Å²) in [7, 11) is -0.191. The average Bonchev–Trinajstić information content (AvgIpc) is 3.37. The zero-order chi connectivity index (χ0) is 21.6. The number of esters is 1. The van der Waals surface area contributed by atoms with E-state index in [-0.39, 0.29) is 16.4 Å². The number of carbonyl (C=O) groups is 1. The zero-order valence-electron chi connectivity index (χ0n) is 16.7. The normalized spacial score (nSPS) is 15.8. The Morgan fingerprint density at radius 3 is 2.45 bits per heavy atom. The van der Waals surface area contributed by atoms with Gasteiger partial charge in [0.05, 0.1) is 9.13 Å². The van der Waals surface area contributed by atoms with Gasteiger partial charge in [-0.2, -0.15) is 0 Å². The molecule has 1 unspecified atom stereocenters. The highest BCUT2D eigenvalue weighted by molar-refractivity contribution is 14.1. The van der Waals surface area contributed by atoms with E-state index in [1.807, 2.05) is 12.1 Å². The molecule has 154 valence electrons. The Labute approximate surface area is 211 Å². The zero-order valence-corrected chi connectivity index (χ0v) is 21.8. The summed E-state index contributed by atoms with van der Waals surface area (Å²) >= 11 is 4.79. The maximum absolute atomic E-state index is 13.0. The van der Waals surface area contributed by atoms with Crippen LogP contribution in [0.15, 0.2) is 60.7 Å². The van der Waals surface area contributed by atoms with Crippen molar-refractivity contribution in [1.29, 1.82) is 0 Å². The van der Waals surface area contributed by atoms with Gasteiger partial charge in [0.15, 0.2) is 19.9 Å². The second kappa shape index (κ2) is 8.38. The molecule has 1 aliphatic carbocycles. The van der Waals surface area contributed by atoms with Crippen molar-refractivity contribution in [3.63, 3.8) is 0 Å². The summed E-state index contributed by atoms with van der Waals surface area (Å²) in [6.45, 7) is 0. The van der Waals surface area contributed by atoms with Gasteiger partial charge in [-0.25, -0.2) is 4.79 Å². The molecule has 0 spiro atoms. The van der Waals surface area contributed by atoms with E-state index in [0.717, 1.165) is 31.1 Å². The average molecular weight is 649 g/mol. The van der Waals surface area contributed by atoms with Gasteiger partial charge in [-0.05, 0) is 113 Å². The molecule has 31 heavy (non-hydrogen) atoms. The lowest BCUT2D eigenvalue weighted by atomic mass is 10.0. The minimum atomic E-state index is -0.740.